The Bertz CT molecular complexity index is 461. The number of hydrogen-bond donors (Lipinski definition) is 1. The van der Waals surface area contributed by atoms with Crippen LogP contribution in [0.25, 0.3) is 0 Å². The van der Waals surface area contributed by atoms with Crippen molar-refractivity contribution < 1.29 is 0 Å². The van der Waals surface area contributed by atoms with Crippen LogP contribution >= 0.6 is 27.5 Å². The van der Waals surface area contributed by atoms with Crippen molar-refractivity contribution in [3.8, 4) is 0 Å². The Morgan fingerprint density at radius 1 is 1.20 bits per heavy atom. The summed E-state index contributed by atoms with van der Waals surface area (Å²) in [5, 5.41) is 3.44. The van der Waals surface area contributed by atoms with Gasteiger partial charge in [-0.3, -0.25) is 0 Å². The van der Waals surface area contributed by atoms with E-state index in [1.807, 2.05) is 30.3 Å². The van der Waals surface area contributed by atoms with Gasteiger partial charge in [-0.2, -0.15) is 4.98 Å². The molecule has 0 aliphatic carbocycles. The molecule has 0 unspecified atom stereocenters. The number of nitrogens with zero attached hydrogens (tertiary/aromatic N) is 2. The number of hydrogen-bond acceptors (Lipinski definition) is 3. The smallest absolute Gasteiger partial charge is 0.228 e. The fraction of sp³-hybridized carbons (Fsp3) is 0. The summed E-state index contributed by atoms with van der Waals surface area (Å²) in [6.07, 6.45) is 1.61. The first-order valence-electron chi connectivity index (χ1n) is 4.26. The van der Waals surface area contributed by atoms with E-state index in [1.54, 1.807) is 6.20 Å². The van der Waals surface area contributed by atoms with Crippen LogP contribution in [0.4, 0.5) is 11.6 Å². The van der Waals surface area contributed by atoms with Crippen molar-refractivity contribution in [2.45, 2.75) is 0 Å². The minimum atomic E-state index is 0.392. The number of para-hydroxylation sites is 1. The predicted molar refractivity (Wildman–Crippen MR) is 64.5 cm³/mol. The summed E-state index contributed by atoms with van der Waals surface area (Å²) in [4.78, 5) is 8.15. The molecule has 0 aliphatic heterocycles. The quantitative estimate of drug-likeness (QED) is 0.856. The highest BCUT2D eigenvalue weighted by atomic mass is 79.9. The zero-order valence-electron chi connectivity index (χ0n) is 7.61. The largest absolute Gasteiger partial charge is 0.324 e. The molecule has 0 fully saturated rings. The summed E-state index contributed by atoms with van der Waals surface area (Å²) < 4.78 is 0.683. The van der Waals surface area contributed by atoms with Crippen molar-refractivity contribution in [2.24, 2.45) is 0 Å². The van der Waals surface area contributed by atoms with Gasteiger partial charge in [-0.15, -0.1) is 0 Å². The minimum absolute atomic E-state index is 0.392. The SMILES string of the molecule is Clc1nc(Nc2ccccc2)ncc1Br. The standard InChI is InChI=1S/C10H7BrClN3/c11-8-6-13-10(15-9(8)12)14-7-4-2-1-3-5-7/h1-6H,(H,13,14,15). The van der Waals surface area contributed by atoms with Gasteiger partial charge in [0, 0.05) is 11.9 Å². The Hall–Kier alpha value is -1.13. The molecule has 0 amide bonds. The Morgan fingerprint density at radius 2 is 1.93 bits per heavy atom. The van der Waals surface area contributed by atoms with Gasteiger partial charge in [0.1, 0.15) is 5.15 Å². The molecule has 5 heteroatoms. The number of halogens is 2. The lowest BCUT2D eigenvalue weighted by molar-refractivity contribution is 1.15. The van der Waals surface area contributed by atoms with Crippen molar-refractivity contribution in [2.75, 3.05) is 5.32 Å². The first-order valence-corrected chi connectivity index (χ1v) is 5.43. The topological polar surface area (TPSA) is 37.8 Å². The fourth-order valence-electron chi connectivity index (χ4n) is 1.06. The number of nitrogens with one attached hydrogen (secondary N) is 1. The molecule has 1 aromatic carbocycles. The highest BCUT2D eigenvalue weighted by Gasteiger charge is 2.01. The zero-order valence-corrected chi connectivity index (χ0v) is 9.96. The average molecular weight is 285 g/mol. The third-order valence-electron chi connectivity index (χ3n) is 1.73. The zero-order chi connectivity index (χ0) is 10.7. The van der Waals surface area contributed by atoms with Crippen LogP contribution in [-0.2, 0) is 0 Å². The van der Waals surface area contributed by atoms with E-state index < -0.39 is 0 Å². The van der Waals surface area contributed by atoms with Crippen LogP contribution < -0.4 is 5.32 Å². The van der Waals surface area contributed by atoms with Crippen LogP contribution in [0.1, 0.15) is 0 Å². The second-order valence-electron chi connectivity index (χ2n) is 2.82. The molecule has 0 bridgehead atoms. The lowest BCUT2D eigenvalue weighted by atomic mass is 10.3. The van der Waals surface area contributed by atoms with E-state index in [4.69, 9.17) is 11.6 Å². The van der Waals surface area contributed by atoms with Gasteiger partial charge in [-0.05, 0) is 28.1 Å². The summed E-state index contributed by atoms with van der Waals surface area (Å²) in [7, 11) is 0. The monoisotopic (exact) mass is 283 g/mol. The van der Waals surface area contributed by atoms with Gasteiger partial charge in [0.15, 0.2) is 0 Å². The van der Waals surface area contributed by atoms with Gasteiger partial charge in [0.05, 0.1) is 4.47 Å². The normalized spacial score (nSPS) is 10.0. The van der Waals surface area contributed by atoms with Crippen LogP contribution in [0.3, 0.4) is 0 Å². The van der Waals surface area contributed by atoms with E-state index in [2.05, 4.69) is 31.2 Å². The molecule has 3 nitrogen and oxygen atoms in total. The molecule has 0 saturated carbocycles. The lowest BCUT2D eigenvalue weighted by Crippen LogP contribution is -1.96. The summed E-state index contributed by atoms with van der Waals surface area (Å²) >= 11 is 9.07. The summed E-state index contributed by atoms with van der Waals surface area (Å²) in [5.74, 6) is 0.481. The van der Waals surface area contributed by atoms with Crippen molar-refractivity contribution >= 4 is 39.2 Å². The molecule has 1 N–H and O–H groups in total. The molecular formula is C10H7BrClN3. The maximum atomic E-state index is 5.84. The maximum Gasteiger partial charge on any atom is 0.228 e. The molecule has 1 heterocycles. The molecule has 15 heavy (non-hydrogen) atoms. The first kappa shape index (κ1) is 10.4. The molecule has 0 atom stereocenters. The third kappa shape index (κ3) is 2.67. The van der Waals surface area contributed by atoms with Crippen molar-refractivity contribution in [1.29, 1.82) is 0 Å². The van der Waals surface area contributed by atoms with Crippen LogP contribution in [0, 0.1) is 0 Å². The van der Waals surface area contributed by atoms with Crippen LogP contribution in [0.5, 0.6) is 0 Å². The highest BCUT2D eigenvalue weighted by Crippen LogP contribution is 2.21. The number of benzene rings is 1. The van der Waals surface area contributed by atoms with Gasteiger partial charge < -0.3 is 5.32 Å². The summed E-state index contributed by atoms with van der Waals surface area (Å²) in [6.45, 7) is 0. The Labute approximate surface area is 101 Å². The van der Waals surface area contributed by atoms with Crippen molar-refractivity contribution in [1.82, 2.24) is 9.97 Å². The highest BCUT2D eigenvalue weighted by molar-refractivity contribution is 9.10. The van der Waals surface area contributed by atoms with Crippen LogP contribution in [0.15, 0.2) is 41.0 Å². The average Bonchev–Trinajstić information content (AvgIpc) is 2.25. The molecule has 0 radical (unpaired) electrons. The van der Waals surface area contributed by atoms with E-state index in [9.17, 15) is 0 Å². The molecule has 0 aliphatic rings. The second-order valence-corrected chi connectivity index (χ2v) is 4.04. The lowest BCUT2D eigenvalue weighted by Gasteiger charge is -2.04. The van der Waals surface area contributed by atoms with Crippen LogP contribution in [-0.4, -0.2) is 9.97 Å². The van der Waals surface area contributed by atoms with Gasteiger partial charge in [0.2, 0.25) is 5.95 Å². The van der Waals surface area contributed by atoms with E-state index in [1.165, 1.54) is 0 Å². The van der Waals surface area contributed by atoms with E-state index in [0.717, 1.165) is 5.69 Å². The Balaban J connectivity index is 2.22. The molecule has 0 saturated heterocycles. The predicted octanol–water partition coefficient (Wildman–Crippen LogP) is 3.64. The summed E-state index contributed by atoms with van der Waals surface area (Å²) in [5.41, 5.74) is 0.927. The molecule has 2 rings (SSSR count). The molecule has 76 valence electrons. The Morgan fingerprint density at radius 3 is 2.60 bits per heavy atom. The van der Waals surface area contributed by atoms with Gasteiger partial charge >= 0.3 is 0 Å². The Kier molecular flexibility index (Phi) is 3.18. The molecular weight excluding hydrogens is 277 g/mol. The van der Waals surface area contributed by atoms with Crippen molar-refractivity contribution in [3.63, 3.8) is 0 Å². The maximum absolute atomic E-state index is 5.84. The van der Waals surface area contributed by atoms with E-state index >= 15 is 0 Å². The van der Waals surface area contributed by atoms with Gasteiger partial charge in [-0.25, -0.2) is 4.98 Å². The van der Waals surface area contributed by atoms with Gasteiger partial charge in [-0.1, -0.05) is 29.8 Å². The third-order valence-corrected chi connectivity index (χ3v) is 2.83. The molecule has 0 spiro atoms. The van der Waals surface area contributed by atoms with E-state index in [0.29, 0.717) is 15.6 Å². The van der Waals surface area contributed by atoms with E-state index in [-0.39, 0.29) is 0 Å². The minimum Gasteiger partial charge on any atom is -0.324 e. The second kappa shape index (κ2) is 4.59. The molecule has 1 aromatic heterocycles. The van der Waals surface area contributed by atoms with Crippen LogP contribution in [0.2, 0.25) is 5.15 Å². The fourth-order valence-corrected chi connectivity index (χ4v) is 1.38. The number of anilines is 2. The summed E-state index contributed by atoms with van der Waals surface area (Å²) in [6, 6.07) is 9.67. The van der Waals surface area contributed by atoms with Crippen molar-refractivity contribution in [3.05, 3.63) is 46.2 Å². The van der Waals surface area contributed by atoms with Gasteiger partial charge in [0.25, 0.3) is 0 Å². The number of rotatable bonds is 2. The first-order chi connectivity index (χ1) is 7.25. The number of aromatic nitrogens is 2. The molecule has 2 aromatic rings.